The van der Waals surface area contributed by atoms with Gasteiger partial charge in [0.25, 0.3) is 12.0 Å². The summed E-state index contributed by atoms with van der Waals surface area (Å²) in [4.78, 5) is 23.7. The lowest BCUT2D eigenvalue weighted by Crippen LogP contribution is -2.16. The molecule has 1 N–H and O–H groups in total. The minimum Gasteiger partial charge on any atom is -0.328 e. The number of alkyl halides is 3. The first-order valence-corrected chi connectivity index (χ1v) is 4.77. The van der Waals surface area contributed by atoms with Crippen molar-refractivity contribution in [3.8, 4) is 0 Å². The van der Waals surface area contributed by atoms with Gasteiger partial charge in [0.1, 0.15) is 0 Å². The number of aromatic nitrogens is 1. The third kappa shape index (κ3) is 1.89. The Morgan fingerprint density at radius 1 is 1.57 bits per heavy atom. The summed E-state index contributed by atoms with van der Waals surface area (Å²) in [5, 5.41) is 0.157. The summed E-state index contributed by atoms with van der Waals surface area (Å²) >= 11 is 2.99. The normalized spacial score (nSPS) is 10.6. The zero-order valence-corrected chi connectivity index (χ0v) is 8.48. The molecular weight excluding hydrogens is 260 g/mol. The molecule has 1 aromatic rings. The average Bonchev–Trinajstić information content (AvgIpc) is 2.17. The van der Waals surface area contributed by atoms with Crippen molar-refractivity contribution < 1.29 is 13.6 Å². The Labute approximate surface area is 86.3 Å². The maximum Gasteiger partial charge on any atom is 0.265 e. The lowest BCUT2D eigenvalue weighted by molar-refractivity contribution is 0.110. The van der Waals surface area contributed by atoms with Gasteiger partial charge in [0, 0.05) is 17.1 Å². The van der Waals surface area contributed by atoms with Crippen molar-refractivity contribution in [1.82, 2.24) is 4.98 Å². The first kappa shape index (κ1) is 11.0. The SMILES string of the molecule is O=Cc1c(C(F)F)c(CBr)c[nH]c1=O. The van der Waals surface area contributed by atoms with Gasteiger partial charge in [-0.1, -0.05) is 15.9 Å². The highest BCUT2D eigenvalue weighted by Gasteiger charge is 2.19. The Kier molecular flexibility index (Phi) is 3.51. The quantitative estimate of drug-likeness (QED) is 0.672. The van der Waals surface area contributed by atoms with Crippen LogP contribution in [0.3, 0.4) is 0 Å². The van der Waals surface area contributed by atoms with E-state index in [1.54, 1.807) is 0 Å². The smallest absolute Gasteiger partial charge is 0.265 e. The van der Waals surface area contributed by atoms with Crippen LogP contribution in [-0.2, 0) is 5.33 Å². The number of carbonyl (C=O) groups is 1. The third-order valence-electron chi connectivity index (χ3n) is 1.74. The first-order valence-electron chi connectivity index (χ1n) is 3.65. The highest BCUT2D eigenvalue weighted by Crippen LogP contribution is 2.24. The van der Waals surface area contributed by atoms with Gasteiger partial charge in [0.05, 0.1) is 5.56 Å². The molecule has 0 aliphatic carbocycles. The predicted molar refractivity (Wildman–Crippen MR) is 50.0 cm³/mol. The van der Waals surface area contributed by atoms with Crippen LogP contribution < -0.4 is 5.56 Å². The maximum atomic E-state index is 12.5. The molecule has 0 spiro atoms. The van der Waals surface area contributed by atoms with Gasteiger partial charge in [-0.25, -0.2) is 8.78 Å². The van der Waals surface area contributed by atoms with Crippen LogP contribution in [0.25, 0.3) is 0 Å². The van der Waals surface area contributed by atoms with Crippen molar-refractivity contribution in [2.45, 2.75) is 11.8 Å². The van der Waals surface area contributed by atoms with E-state index in [-0.39, 0.29) is 17.2 Å². The summed E-state index contributed by atoms with van der Waals surface area (Å²) in [6.07, 6.45) is -1.51. The molecule has 76 valence electrons. The Morgan fingerprint density at radius 3 is 2.64 bits per heavy atom. The second kappa shape index (κ2) is 4.45. The molecule has 0 aliphatic heterocycles. The second-order valence-corrected chi connectivity index (χ2v) is 3.08. The molecular formula is C8H6BrF2NO2. The molecule has 0 unspecified atom stereocenters. The number of carbonyl (C=O) groups excluding carboxylic acids is 1. The van der Waals surface area contributed by atoms with E-state index in [9.17, 15) is 18.4 Å². The van der Waals surface area contributed by atoms with Crippen molar-refractivity contribution in [2.24, 2.45) is 0 Å². The monoisotopic (exact) mass is 265 g/mol. The molecule has 6 heteroatoms. The Balaban J connectivity index is 3.52. The minimum absolute atomic E-state index is 0.145. The molecule has 3 nitrogen and oxygen atoms in total. The van der Waals surface area contributed by atoms with Crippen molar-refractivity contribution in [3.05, 3.63) is 33.2 Å². The molecule has 0 amide bonds. The van der Waals surface area contributed by atoms with Gasteiger partial charge in [-0.3, -0.25) is 9.59 Å². The van der Waals surface area contributed by atoms with E-state index in [2.05, 4.69) is 20.9 Å². The van der Waals surface area contributed by atoms with Crippen molar-refractivity contribution >= 4 is 22.2 Å². The molecule has 1 aromatic heterocycles. The van der Waals surface area contributed by atoms with Gasteiger partial charge in [0.15, 0.2) is 6.29 Å². The molecule has 0 atom stereocenters. The van der Waals surface area contributed by atoms with E-state index in [1.807, 2.05) is 0 Å². The number of hydrogen-bond acceptors (Lipinski definition) is 2. The Bertz CT molecular complexity index is 403. The number of hydrogen-bond donors (Lipinski definition) is 1. The summed E-state index contributed by atoms with van der Waals surface area (Å²) < 4.78 is 25.0. The molecule has 0 aromatic carbocycles. The summed E-state index contributed by atoms with van der Waals surface area (Å²) in [5.74, 6) is 0. The van der Waals surface area contributed by atoms with E-state index in [0.717, 1.165) is 0 Å². The summed E-state index contributed by atoms with van der Waals surface area (Å²) in [6, 6.07) is 0. The second-order valence-electron chi connectivity index (χ2n) is 2.52. The van der Waals surface area contributed by atoms with Crippen LogP contribution in [0.5, 0.6) is 0 Å². The fourth-order valence-corrected chi connectivity index (χ4v) is 1.55. The van der Waals surface area contributed by atoms with Gasteiger partial charge in [-0.2, -0.15) is 0 Å². The summed E-state index contributed by atoms with van der Waals surface area (Å²) in [6.45, 7) is 0. The molecule has 0 bridgehead atoms. The van der Waals surface area contributed by atoms with Crippen LogP contribution in [0.15, 0.2) is 11.0 Å². The average molecular weight is 266 g/mol. The van der Waals surface area contributed by atoms with Gasteiger partial charge < -0.3 is 4.98 Å². The zero-order chi connectivity index (χ0) is 10.7. The largest absolute Gasteiger partial charge is 0.328 e. The third-order valence-corrected chi connectivity index (χ3v) is 2.34. The molecule has 0 fully saturated rings. The van der Waals surface area contributed by atoms with Crippen molar-refractivity contribution in [2.75, 3.05) is 0 Å². The Hall–Kier alpha value is -1.04. The van der Waals surface area contributed by atoms with Crippen LogP contribution in [0.4, 0.5) is 8.78 Å². The van der Waals surface area contributed by atoms with E-state index >= 15 is 0 Å². The number of aromatic amines is 1. The lowest BCUT2D eigenvalue weighted by atomic mass is 10.1. The highest BCUT2D eigenvalue weighted by molar-refractivity contribution is 9.08. The zero-order valence-electron chi connectivity index (χ0n) is 6.89. The van der Waals surface area contributed by atoms with Crippen LogP contribution >= 0.6 is 15.9 Å². The van der Waals surface area contributed by atoms with Crippen molar-refractivity contribution in [1.29, 1.82) is 0 Å². The highest BCUT2D eigenvalue weighted by atomic mass is 79.9. The number of halogens is 3. The molecule has 1 heterocycles. The fourth-order valence-electron chi connectivity index (χ4n) is 1.09. The standard InChI is InChI=1S/C8H6BrF2NO2/c9-1-4-2-12-8(14)5(3-13)6(4)7(10)11/h2-3,7H,1H2,(H,12,14). The number of nitrogens with one attached hydrogen (secondary N) is 1. The fraction of sp³-hybridized carbons (Fsp3) is 0.250. The maximum absolute atomic E-state index is 12.5. The molecule has 0 radical (unpaired) electrons. The first-order chi connectivity index (χ1) is 6.61. The van der Waals surface area contributed by atoms with Gasteiger partial charge in [-0.15, -0.1) is 0 Å². The number of H-pyrrole nitrogens is 1. The van der Waals surface area contributed by atoms with E-state index in [0.29, 0.717) is 0 Å². The molecule has 14 heavy (non-hydrogen) atoms. The molecule has 0 aliphatic rings. The van der Waals surface area contributed by atoms with Gasteiger partial charge in [0.2, 0.25) is 0 Å². The lowest BCUT2D eigenvalue weighted by Gasteiger charge is -2.07. The van der Waals surface area contributed by atoms with E-state index < -0.39 is 23.1 Å². The van der Waals surface area contributed by atoms with Crippen LogP contribution in [-0.4, -0.2) is 11.3 Å². The van der Waals surface area contributed by atoms with Gasteiger partial charge in [-0.05, 0) is 5.56 Å². The topological polar surface area (TPSA) is 49.9 Å². The number of rotatable bonds is 3. The van der Waals surface area contributed by atoms with Crippen molar-refractivity contribution in [3.63, 3.8) is 0 Å². The number of pyridine rings is 1. The summed E-state index contributed by atoms with van der Waals surface area (Å²) in [5.41, 5.74) is -1.58. The van der Waals surface area contributed by atoms with Crippen LogP contribution in [0, 0.1) is 0 Å². The number of aldehydes is 1. The van der Waals surface area contributed by atoms with Crippen LogP contribution in [0.1, 0.15) is 27.9 Å². The van der Waals surface area contributed by atoms with Crippen LogP contribution in [0.2, 0.25) is 0 Å². The van der Waals surface area contributed by atoms with E-state index in [4.69, 9.17) is 0 Å². The molecule has 0 saturated heterocycles. The molecule has 0 saturated carbocycles. The summed E-state index contributed by atoms with van der Waals surface area (Å²) in [7, 11) is 0. The predicted octanol–water partition coefficient (Wildman–Crippen LogP) is 2.02. The van der Waals surface area contributed by atoms with Gasteiger partial charge >= 0.3 is 0 Å². The Morgan fingerprint density at radius 2 is 2.21 bits per heavy atom. The minimum atomic E-state index is -2.83. The van der Waals surface area contributed by atoms with E-state index in [1.165, 1.54) is 6.20 Å². The molecule has 1 rings (SSSR count).